The molecule has 1 aromatic carbocycles. The molecule has 18 heavy (non-hydrogen) atoms. The van der Waals surface area contributed by atoms with Gasteiger partial charge in [0.25, 0.3) is 0 Å². The molecule has 0 aliphatic rings. The van der Waals surface area contributed by atoms with Crippen LogP contribution in [0.2, 0.25) is 0 Å². The van der Waals surface area contributed by atoms with Gasteiger partial charge >= 0.3 is 0 Å². The van der Waals surface area contributed by atoms with Gasteiger partial charge in [0, 0.05) is 24.2 Å². The highest BCUT2D eigenvalue weighted by Gasteiger charge is 2.13. The molecule has 0 amide bonds. The van der Waals surface area contributed by atoms with Crippen molar-refractivity contribution < 1.29 is 9.13 Å². The lowest BCUT2D eigenvalue weighted by Gasteiger charge is -2.11. The Balaban J connectivity index is 2.83. The Morgan fingerprint density at radius 1 is 1.50 bits per heavy atom. The second-order valence-corrected chi connectivity index (χ2v) is 3.69. The molecule has 5 heteroatoms. The van der Waals surface area contributed by atoms with Gasteiger partial charge in [-0.1, -0.05) is 0 Å². The zero-order valence-electron chi connectivity index (χ0n) is 10.1. The van der Waals surface area contributed by atoms with Crippen molar-refractivity contribution >= 4 is 16.6 Å². The number of methoxy groups -OCH3 is 1. The molecule has 0 saturated carbocycles. The lowest BCUT2D eigenvalue weighted by atomic mass is 10.1. The fraction of sp³-hybridized carbons (Fsp3) is 0.231. The van der Waals surface area contributed by atoms with E-state index in [0.717, 1.165) is 0 Å². The Hall–Kier alpha value is -2.35. The number of aromatic nitrogens is 1. The zero-order chi connectivity index (χ0) is 13.1. The first kappa shape index (κ1) is 12.1. The summed E-state index contributed by atoms with van der Waals surface area (Å²) in [5.41, 5.74) is 1.51. The van der Waals surface area contributed by atoms with Crippen LogP contribution in [-0.2, 0) is 0 Å². The quantitative estimate of drug-likeness (QED) is 0.903. The molecule has 1 aromatic heterocycles. The average Bonchev–Trinajstić information content (AvgIpc) is 2.38. The van der Waals surface area contributed by atoms with Crippen LogP contribution in [0.4, 0.5) is 10.1 Å². The Labute approximate surface area is 104 Å². The third kappa shape index (κ3) is 1.93. The topological polar surface area (TPSA) is 57.9 Å². The van der Waals surface area contributed by atoms with E-state index in [0.29, 0.717) is 34.4 Å². The van der Waals surface area contributed by atoms with Gasteiger partial charge < -0.3 is 10.1 Å². The van der Waals surface area contributed by atoms with Gasteiger partial charge in [0.15, 0.2) is 0 Å². The highest BCUT2D eigenvalue weighted by atomic mass is 19.1. The van der Waals surface area contributed by atoms with Crippen LogP contribution in [0.25, 0.3) is 10.9 Å². The van der Waals surface area contributed by atoms with E-state index >= 15 is 0 Å². The number of halogens is 1. The van der Waals surface area contributed by atoms with E-state index in [1.54, 1.807) is 0 Å². The minimum absolute atomic E-state index is 0.355. The molecule has 0 radical (unpaired) electrons. The fourth-order valence-electron chi connectivity index (χ4n) is 1.84. The molecule has 0 aliphatic heterocycles. The smallest absolute Gasteiger partial charge is 0.148 e. The standard InChI is InChI=1S/C13H12FN3O/c1-3-16-12-8(6-15)7-17-13-10(12)4-9(14)5-11(13)18-2/h4-5,7H,3H2,1-2H3,(H,16,17). The van der Waals surface area contributed by atoms with E-state index < -0.39 is 5.82 Å². The van der Waals surface area contributed by atoms with Crippen LogP contribution in [-0.4, -0.2) is 18.6 Å². The number of ether oxygens (including phenoxy) is 1. The minimum Gasteiger partial charge on any atom is -0.494 e. The maximum Gasteiger partial charge on any atom is 0.148 e. The Bertz CT molecular complexity index is 634. The summed E-state index contributed by atoms with van der Waals surface area (Å²) in [6, 6.07) is 4.67. The van der Waals surface area contributed by atoms with Gasteiger partial charge in [0.1, 0.15) is 23.2 Å². The van der Waals surface area contributed by atoms with E-state index in [-0.39, 0.29) is 0 Å². The van der Waals surface area contributed by atoms with Gasteiger partial charge in [-0.25, -0.2) is 4.39 Å². The number of nitrogens with one attached hydrogen (secondary N) is 1. The summed E-state index contributed by atoms with van der Waals surface area (Å²) in [4.78, 5) is 4.15. The number of pyridine rings is 1. The molecule has 0 aliphatic carbocycles. The molecule has 1 N–H and O–H groups in total. The van der Waals surface area contributed by atoms with Gasteiger partial charge in [-0.2, -0.15) is 5.26 Å². The molecule has 0 bridgehead atoms. The SMILES string of the molecule is CCNc1c(C#N)cnc2c(OC)cc(F)cc12. The number of rotatable bonds is 3. The van der Waals surface area contributed by atoms with Crippen LogP contribution < -0.4 is 10.1 Å². The van der Waals surface area contributed by atoms with E-state index in [2.05, 4.69) is 10.3 Å². The van der Waals surface area contributed by atoms with Gasteiger partial charge in [-0.15, -0.1) is 0 Å². The van der Waals surface area contributed by atoms with Crippen LogP contribution in [0.1, 0.15) is 12.5 Å². The van der Waals surface area contributed by atoms with Crippen LogP contribution in [0.15, 0.2) is 18.3 Å². The largest absolute Gasteiger partial charge is 0.494 e. The van der Waals surface area contributed by atoms with Crippen molar-refractivity contribution in [2.24, 2.45) is 0 Å². The second-order valence-electron chi connectivity index (χ2n) is 3.69. The first-order chi connectivity index (χ1) is 8.71. The third-order valence-corrected chi connectivity index (χ3v) is 2.60. The predicted octanol–water partition coefficient (Wildman–Crippen LogP) is 2.69. The molecule has 92 valence electrons. The van der Waals surface area contributed by atoms with Crippen LogP contribution in [0, 0.1) is 17.1 Å². The first-order valence-corrected chi connectivity index (χ1v) is 5.51. The maximum atomic E-state index is 13.5. The number of hydrogen-bond acceptors (Lipinski definition) is 4. The maximum absolute atomic E-state index is 13.5. The van der Waals surface area contributed by atoms with E-state index in [1.807, 2.05) is 13.0 Å². The number of benzene rings is 1. The molecule has 0 saturated heterocycles. The van der Waals surface area contributed by atoms with Crippen molar-refractivity contribution in [2.75, 3.05) is 19.0 Å². The molecule has 0 unspecified atom stereocenters. The van der Waals surface area contributed by atoms with Crippen LogP contribution >= 0.6 is 0 Å². The monoisotopic (exact) mass is 245 g/mol. The van der Waals surface area contributed by atoms with E-state index in [9.17, 15) is 4.39 Å². The van der Waals surface area contributed by atoms with E-state index in [4.69, 9.17) is 10.00 Å². The molecule has 2 rings (SSSR count). The third-order valence-electron chi connectivity index (χ3n) is 2.60. The molecule has 1 heterocycles. The molecular weight excluding hydrogens is 233 g/mol. The van der Waals surface area contributed by atoms with Gasteiger partial charge in [-0.05, 0) is 13.0 Å². The van der Waals surface area contributed by atoms with Crippen molar-refractivity contribution in [3.8, 4) is 11.8 Å². The fourth-order valence-corrected chi connectivity index (χ4v) is 1.84. The lowest BCUT2D eigenvalue weighted by molar-refractivity contribution is 0.415. The highest BCUT2D eigenvalue weighted by molar-refractivity contribution is 5.97. The summed E-state index contributed by atoms with van der Waals surface area (Å²) in [7, 11) is 1.46. The van der Waals surface area contributed by atoms with E-state index in [1.165, 1.54) is 25.4 Å². The van der Waals surface area contributed by atoms with Crippen molar-refractivity contribution in [3.05, 3.63) is 29.7 Å². The summed E-state index contributed by atoms with van der Waals surface area (Å²) >= 11 is 0. The summed E-state index contributed by atoms with van der Waals surface area (Å²) in [5, 5.41) is 12.7. The van der Waals surface area contributed by atoms with Crippen molar-refractivity contribution in [2.45, 2.75) is 6.92 Å². The number of anilines is 1. The molecular formula is C13H12FN3O. The highest BCUT2D eigenvalue weighted by Crippen LogP contribution is 2.32. The normalized spacial score (nSPS) is 10.1. The van der Waals surface area contributed by atoms with Gasteiger partial charge in [0.05, 0.1) is 18.4 Å². The average molecular weight is 245 g/mol. The van der Waals surface area contributed by atoms with Crippen LogP contribution in [0.3, 0.4) is 0 Å². The first-order valence-electron chi connectivity index (χ1n) is 5.51. The lowest BCUT2D eigenvalue weighted by Crippen LogP contribution is -2.02. The predicted molar refractivity (Wildman–Crippen MR) is 67.1 cm³/mol. The molecule has 2 aromatic rings. The number of nitriles is 1. The summed E-state index contributed by atoms with van der Waals surface area (Å²) < 4.78 is 18.6. The summed E-state index contributed by atoms with van der Waals surface area (Å²) in [5.74, 6) is -0.0657. The number of fused-ring (bicyclic) bond motifs is 1. The number of hydrogen-bond donors (Lipinski definition) is 1. The minimum atomic E-state index is -0.421. The van der Waals surface area contributed by atoms with Crippen molar-refractivity contribution in [1.29, 1.82) is 5.26 Å². The molecule has 4 nitrogen and oxygen atoms in total. The zero-order valence-corrected chi connectivity index (χ0v) is 10.1. The van der Waals surface area contributed by atoms with Crippen molar-refractivity contribution in [1.82, 2.24) is 4.98 Å². The summed E-state index contributed by atoms with van der Waals surface area (Å²) in [6.45, 7) is 2.54. The Kier molecular flexibility index (Phi) is 3.28. The molecule has 0 spiro atoms. The Morgan fingerprint density at radius 3 is 2.89 bits per heavy atom. The molecule has 0 atom stereocenters. The van der Waals surface area contributed by atoms with Gasteiger partial charge in [-0.3, -0.25) is 4.98 Å². The Morgan fingerprint density at radius 2 is 2.28 bits per heavy atom. The number of nitrogens with zero attached hydrogens (tertiary/aromatic N) is 2. The molecule has 0 fully saturated rings. The second kappa shape index (κ2) is 4.88. The van der Waals surface area contributed by atoms with Crippen LogP contribution in [0.5, 0.6) is 5.75 Å². The summed E-state index contributed by atoms with van der Waals surface area (Å²) in [6.07, 6.45) is 1.46. The van der Waals surface area contributed by atoms with Gasteiger partial charge in [0.2, 0.25) is 0 Å². The van der Waals surface area contributed by atoms with Crippen molar-refractivity contribution in [3.63, 3.8) is 0 Å².